The minimum atomic E-state index is -0.597. The average molecular weight is 516 g/mol. The average Bonchev–Trinajstić information content (AvgIpc) is 3.03. The number of benzene rings is 1. The van der Waals surface area contributed by atoms with Crippen LogP contribution in [0.1, 0.15) is 19.3 Å². The molecule has 0 unspecified atom stereocenters. The molecule has 4 rings (SSSR count). The summed E-state index contributed by atoms with van der Waals surface area (Å²) >= 11 is 11.5. The van der Waals surface area contributed by atoms with Gasteiger partial charge < -0.3 is 26.2 Å². The number of carbonyl (C=O) groups excluding carboxylic acids is 2. The van der Waals surface area contributed by atoms with Gasteiger partial charge in [-0.15, -0.1) is 6.58 Å². The molecule has 11 heteroatoms. The first-order valence-corrected chi connectivity index (χ1v) is 12.5. The second-order valence-corrected chi connectivity index (χ2v) is 9.49. The van der Waals surface area contributed by atoms with Gasteiger partial charge in [-0.25, -0.2) is 9.78 Å². The van der Waals surface area contributed by atoms with Crippen molar-refractivity contribution < 1.29 is 9.59 Å². The Morgan fingerprint density at radius 2 is 2.00 bits per heavy atom. The molecule has 0 radical (unpaired) electrons. The fourth-order valence-electron chi connectivity index (χ4n) is 4.49. The lowest BCUT2D eigenvalue weighted by Gasteiger charge is -2.37. The molecule has 2 fully saturated rings. The molecule has 3 heterocycles. The Morgan fingerprint density at radius 3 is 2.74 bits per heavy atom. The predicted octanol–water partition coefficient (Wildman–Crippen LogP) is 2.74. The number of amides is 3. The van der Waals surface area contributed by atoms with Crippen LogP contribution < -0.4 is 21.3 Å². The standard InChI is InChI=1S/C24H30ClN7O2S/c1-2-8-27-24(35)32-9-4-3-5-18(22(32)33)29-23(34)31-12-10-30(11-13-31)20-15-21(26)28-19-14-16(25)6-7-17(19)20/h2,6-7,14-15,18H,1,3-5,8-13H2,(H2,26,28)(H,27,35)(H,29,34)/t18-/m0/s1. The smallest absolute Gasteiger partial charge is 0.318 e. The van der Waals surface area contributed by atoms with Crippen LogP contribution in [0.5, 0.6) is 0 Å². The van der Waals surface area contributed by atoms with E-state index in [0.717, 1.165) is 29.4 Å². The number of anilines is 2. The van der Waals surface area contributed by atoms with Crippen LogP contribution in [-0.4, -0.2) is 77.1 Å². The van der Waals surface area contributed by atoms with Crippen LogP contribution in [0.4, 0.5) is 16.3 Å². The van der Waals surface area contributed by atoms with E-state index in [9.17, 15) is 9.59 Å². The van der Waals surface area contributed by atoms with E-state index in [1.54, 1.807) is 21.9 Å². The highest BCUT2D eigenvalue weighted by atomic mass is 35.5. The van der Waals surface area contributed by atoms with Crippen LogP contribution in [0.25, 0.3) is 10.9 Å². The number of nitrogens with one attached hydrogen (secondary N) is 2. The number of nitrogens with zero attached hydrogens (tertiary/aromatic N) is 4. The fourth-order valence-corrected chi connectivity index (χ4v) is 4.92. The molecule has 2 aliphatic heterocycles. The topological polar surface area (TPSA) is 107 Å². The number of carbonyl (C=O) groups is 2. The normalized spacial score (nSPS) is 18.8. The minimum absolute atomic E-state index is 0.173. The Balaban J connectivity index is 1.39. The maximum Gasteiger partial charge on any atom is 0.318 e. The molecule has 3 amide bonds. The second-order valence-electron chi connectivity index (χ2n) is 8.66. The van der Waals surface area contributed by atoms with Crippen LogP contribution in [0.3, 0.4) is 0 Å². The van der Waals surface area contributed by atoms with Crippen molar-refractivity contribution in [3.8, 4) is 0 Å². The Labute approximate surface area is 215 Å². The molecule has 35 heavy (non-hydrogen) atoms. The van der Waals surface area contributed by atoms with Gasteiger partial charge in [0.15, 0.2) is 5.11 Å². The Morgan fingerprint density at radius 1 is 1.23 bits per heavy atom. The highest BCUT2D eigenvalue weighted by Gasteiger charge is 2.32. The first-order chi connectivity index (χ1) is 16.9. The number of hydrogen-bond acceptors (Lipinski definition) is 6. The lowest BCUT2D eigenvalue weighted by molar-refractivity contribution is -0.128. The highest BCUT2D eigenvalue weighted by Crippen LogP contribution is 2.30. The molecule has 4 N–H and O–H groups in total. The van der Waals surface area contributed by atoms with E-state index in [0.29, 0.717) is 61.6 Å². The molecular weight excluding hydrogens is 486 g/mol. The summed E-state index contributed by atoms with van der Waals surface area (Å²) in [6, 6.07) is 6.60. The number of piperazine rings is 1. The molecule has 0 spiro atoms. The predicted molar refractivity (Wildman–Crippen MR) is 144 cm³/mol. The molecule has 186 valence electrons. The number of nitrogen functional groups attached to an aromatic ring is 1. The van der Waals surface area contributed by atoms with Crippen LogP contribution >= 0.6 is 23.8 Å². The number of hydrogen-bond donors (Lipinski definition) is 3. The third-order valence-corrected chi connectivity index (χ3v) is 6.91. The lowest BCUT2D eigenvalue weighted by Crippen LogP contribution is -2.57. The SMILES string of the molecule is C=CCNC(=S)N1CCCC[C@H](NC(=O)N2CCN(c3cc(N)nc4cc(Cl)ccc34)CC2)C1=O. The van der Waals surface area contributed by atoms with Gasteiger partial charge in [-0.3, -0.25) is 9.69 Å². The van der Waals surface area contributed by atoms with E-state index < -0.39 is 6.04 Å². The molecular formula is C24H30ClN7O2S. The largest absolute Gasteiger partial charge is 0.384 e. The summed E-state index contributed by atoms with van der Waals surface area (Å²) in [6.07, 6.45) is 3.95. The molecule has 1 aromatic carbocycles. The third kappa shape index (κ3) is 5.76. The Kier molecular flexibility index (Phi) is 7.92. The maximum absolute atomic E-state index is 13.1. The zero-order valence-corrected chi connectivity index (χ0v) is 21.1. The number of fused-ring (bicyclic) bond motifs is 1. The lowest BCUT2D eigenvalue weighted by atomic mass is 10.1. The molecule has 1 aromatic heterocycles. The molecule has 2 aliphatic rings. The molecule has 0 aliphatic carbocycles. The molecule has 1 atom stereocenters. The fraction of sp³-hybridized carbons (Fsp3) is 0.417. The van der Waals surface area contributed by atoms with Crippen molar-refractivity contribution in [3.63, 3.8) is 0 Å². The second kappa shape index (κ2) is 11.1. The van der Waals surface area contributed by atoms with Gasteiger partial charge in [-0.05, 0) is 49.7 Å². The van der Waals surface area contributed by atoms with E-state index in [2.05, 4.69) is 27.1 Å². The van der Waals surface area contributed by atoms with Gasteiger partial charge in [0.25, 0.3) is 5.91 Å². The monoisotopic (exact) mass is 515 g/mol. The van der Waals surface area contributed by atoms with Gasteiger partial charge in [0.05, 0.1) is 5.52 Å². The van der Waals surface area contributed by atoms with Gasteiger partial charge in [-0.1, -0.05) is 17.7 Å². The number of likely N-dealkylation sites (tertiary alicyclic amines) is 1. The van der Waals surface area contributed by atoms with Crippen LogP contribution in [-0.2, 0) is 4.79 Å². The number of pyridine rings is 1. The van der Waals surface area contributed by atoms with Crippen LogP contribution in [0.2, 0.25) is 5.02 Å². The van der Waals surface area contributed by atoms with Crippen LogP contribution in [0, 0.1) is 0 Å². The van der Waals surface area contributed by atoms with Gasteiger partial charge in [0, 0.05) is 61.4 Å². The summed E-state index contributed by atoms with van der Waals surface area (Å²) in [5.41, 5.74) is 7.75. The van der Waals surface area contributed by atoms with Gasteiger partial charge in [0.2, 0.25) is 0 Å². The number of thiocarbonyl (C=S) groups is 1. The summed E-state index contributed by atoms with van der Waals surface area (Å²) in [4.78, 5) is 36.0. The minimum Gasteiger partial charge on any atom is -0.384 e. The molecule has 0 bridgehead atoms. The number of halogens is 1. The van der Waals surface area contributed by atoms with Crippen molar-refractivity contribution in [2.45, 2.75) is 25.3 Å². The summed E-state index contributed by atoms with van der Waals surface area (Å²) in [5.74, 6) is 0.250. The molecule has 2 aromatic rings. The maximum atomic E-state index is 13.1. The molecule has 2 saturated heterocycles. The third-order valence-electron chi connectivity index (χ3n) is 6.31. The van der Waals surface area contributed by atoms with Crippen molar-refractivity contribution in [3.05, 3.63) is 41.9 Å². The van der Waals surface area contributed by atoms with Crippen molar-refractivity contribution >= 4 is 63.3 Å². The van der Waals surface area contributed by atoms with Crippen molar-refractivity contribution in [1.82, 2.24) is 25.4 Å². The summed E-state index contributed by atoms with van der Waals surface area (Å²) in [6.45, 7) is 7.00. The van der Waals surface area contributed by atoms with Crippen molar-refractivity contribution in [2.24, 2.45) is 0 Å². The number of aromatic nitrogens is 1. The van der Waals surface area contributed by atoms with E-state index in [1.807, 2.05) is 18.2 Å². The van der Waals surface area contributed by atoms with E-state index in [4.69, 9.17) is 29.6 Å². The van der Waals surface area contributed by atoms with Crippen molar-refractivity contribution in [1.29, 1.82) is 0 Å². The number of nitrogens with two attached hydrogens (primary N) is 1. The first kappa shape index (κ1) is 25.0. The zero-order valence-electron chi connectivity index (χ0n) is 19.5. The zero-order chi connectivity index (χ0) is 24.9. The number of urea groups is 1. The summed E-state index contributed by atoms with van der Waals surface area (Å²) in [7, 11) is 0. The van der Waals surface area contributed by atoms with Crippen LogP contribution in [0.15, 0.2) is 36.9 Å². The van der Waals surface area contributed by atoms with E-state index in [1.165, 1.54) is 0 Å². The summed E-state index contributed by atoms with van der Waals surface area (Å²) in [5, 5.41) is 7.89. The van der Waals surface area contributed by atoms with Crippen molar-refractivity contribution in [2.75, 3.05) is 49.9 Å². The van der Waals surface area contributed by atoms with E-state index >= 15 is 0 Å². The molecule has 9 nitrogen and oxygen atoms in total. The first-order valence-electron chi connectivity index (χ1n) is 11.7. The van der Waals surface area contributed by atoms with E-state index in [-0.39, 0.29) is 11.9 Å². The molecule has 0 saturated carbocycles. The quantitative estimate of drug-likeness (QED) is 0.424. The Hall–Kier alpha value is -3.11. The van der Waals surface area contributed by atoms with Gasteiger partial charge >= 0.3 is 6.03 Å². The highest BCUT2D eigenvalue weighted by molar-refractivity contribution is 7.80. The van der Waals surface area contributed by atoms with Gasteiger partial charge in [0.1, 0.15) is 11.9 Å². The Bertz CT molecular complexity index is 1130. The van der Waals surface area contributed by atoms with Gasteiger partial charge in [-0.2, -0.15) is 0 Å². The summed E-state index contributed by atoms with van der Waals surface area (Å²) < 4.78 is 0. The number of rotatable bonds is 4.